The Morgan fingerprint density at radius 1 is 1.21 bits per heavy atom. The number of nitro benzene ring substituents is 1. The van der Waals surface area contributed by atoms with Crippen molar-refractivity contribution in [3.05, 3.63) is 58.3 Å². The molecule has 2 aromatic carbocycles. The van der Waals surface area contributed by atoms with Crippen LogP contribution in [-0.2, 0) is 14.8 Å². The summed E-state index contributed by atoms with van der Waals surface area (Å²) in [4.78, 5) is 11.0. The van der Waals surface area contributed by atoms with E-state index in [1.165, 1.54) is 16.4 Å². The molecule has 0 radical (unpaired) electrons. The number of nitro groups is 1. The van der Waals surface area contributed by atoms with Gasteiger partial charge in [0.05, 0.1) is 35.7 Å². The Labute approximate surface area is 191 Å². The van der Waals surface area contributed by atoms with Gasteiger partial charge in [0.2, 0.25) is 10.0 Å². The van der Waals surface area contributed by atoms with Crippen LogP contribution in [0, 0.1) is 10.1 Å². The van der Waals surface area contributed by atoms with Crippen LogP contribution in [0.2, 0.25) is 0 Å². The van der Waals surface area contributed by atoms with Gasteiger partial charge in [-0.15, -0.1) is 0 Å². The number of hydrogen-bond acceptors (Lipinski definition) is 8. The van der Waals surface area contributed by atoms with E-state index in [0.717, 1.165) is 11.5 Å². The highest BCUT2D eigenvalue weighted by atomic mass is 32.2. The molecule has 11 heteroatoms. The average molecular weight is 476 g/mol. The minimum Gasteiger partial charge on any atom is -0.490 e. The average Bonchev–Trinajstić information content (AvgIpc) is 3.25. The first kappa shape index (κ1) is 23.0. The van der Waals surface area contributed by atoms with Gasteiger partial charge in [0.15, 0.2) is 11.3 Å². The molecule has 1 N–H and O–H groups in total. The maximum absolute atomic E-state index is 12.9. The van der Waals surface area contributed by atoms with Crippen molar-refractivity contribution in [2.24, 2.45) is 0 Å². The number of rotatable bonds is 8. The van der Waals surface area contributed by atoms with Crippen LogP contribution in [0.4, 0.5) is 11.4 Å². The molecule has 0 spiro atoms. The van der Waals surface area contributed by atoms with E-state index in [1.807, 2.05) is 31.2 Å². The molecule has 1 aliphatic heterocycles. The Hall–Kier alpha value is -3.15. The Morgan fingerprint density at radius 2 is 1.97 bits per heavy atom. The topological polar surface area (TPSA) is 124 Å². The number of nitrogens with zero attached hydrogens (tertiary/aromatic N) is 2. The molecule has 1 aliphatic rings. The summed E-state index contributed by atoms with van der Waals surface area (Å²) in [6, 6.07) is 10.9. The maximum Gasteiger partial charge on any atom is 0.293 e. The summed E-state index contributed by atoms with van der Waals surface area (Å²) in [6.07, 6.45) is 0. The molecule has 0 amide bonds. The van der Waals surface area contributed by atoms with E-state index in [1.54, 1.807) is 6.92 Å². The number of furan rings is 1. The van der Waals surface area contributed by atoms with Gasteiger partial charge in [0.25, 0.3) is 5.69 Å². The molecule has 3 aromatic rings. The summed E-state index contributed by atoms with van der Waals surface area (Å²) in [5, 5.41) is 15.7. The summed E-state index contributed by atoms with van der Waals surface area (Å²) in [5.41, 5.74) is 0.464. The highest BCUT2D eigenvalue weighted by Crippen LogP contribution is 2.35. The second-order valence-electron chi connectivity index (χ2n) is 7.57. The van der Waals surface area contributed by atoms with E-state index in [0.29, 0.717) is 36.9 Å². The maximum atomic E-state index is 12.9. The van der Waals surface area contributed by atoms with Crippen molar-refractivity contribution in [3.8, 4) is 5.75 Å². The van der Waals surface area contributed by atoms with Gasteiger partial charge in [0.1, 0.15) is 11.4 Å². The standard InChI is InChI=1S/C22H25N3O7S/c1-3-31-20-6-4-5-16-13-21(32-22(16)20)15(2)23-18-8-7-17(14-19(18)25(26)27)33(28,29)24-9-11-30-12-10-24/h4-8,13-15,23H,3,9-12H2,1-2H3/t15-/m0/s1. The first-order valence-electron chi connectivity index (χ1n) is 10.6. The van der Waals surface area contributed by atoms with Crippen molar-refractivity contribution in [2.45, 2.75) is 24.8 Å². The molecule has 0 bridgehead atoms. The largest absolute Gasteiger partial charge is 0.490 e. The summed E-state index contributed by atoms with van der Waals surface area (Å²) in [6.45, 7) is 5.19. The molecule has 1 fully saturated rings. The molecular formula is C22H25N3O7S. The fourth-order valence-corrected chi connectivity index (χ4v) is 5.15. The van der Waals surface area contributed by atoms with E-state index < -0.39 is 21.0 Å². The molecule has 1 atom stereocenters. The number of hydrogen-bond donors (Lipinski definition) is 1. The van der Waals surface area contributed by atoms with E-state index in [4.69, 9.17) is 13.9 Å². The number of anilines is 1. The smallest absolute Gasteiger partial charge is 0.293 e. The number of morpholine rings is 1. The molecule has 0 aliphatic carbocycles. The van der Waals surface area contributed by atoms with Crippen LogP contribution in [0.25, 0.3) is 11.0 Å². The number of ether oxygens (including phenoxy) is 2. The van der Waals surface area contributed by atoms with Crippen molar-refractivity contribution in [3.63, 3.8) is 0 Å². The molecular weight excluding hydrogens is 450 g/mol. The normalized spacial score (nSPS) is 15.9. The SMILES string of the molecule is CCOc1cccc2cc([C@H](C)Nc3ccc(S(=O)(=O)N4CCOCC4)cc3[N+](=O)[O-])oc12. The fraction of sp³-hybridized carbons (Fsp3) is 0.364. The molecule has 1 aromatic heterocycles. The van der Waals surface area contributed by atoms with Gasteiger partial charge in [-0.3, -0.25) is 10.1 Å². The van der Waals surface area contributed by atoms with Crippen molar-refractivity contribution in [1.82, 2.24) is 4.31 Å². The van der Waals surface area contributed by atoms with Crippen LogP contribution >= 0.6 is 0 Å². The van der Waals surface area contributed by atoms with E-state index in [2.05, 4.69) is 5.32 Å². The summed E-state index contributed by atoms with van der Waals surface area (Å²) in [5.74, 6) is 1.19. The zero-order valence-electron chi connectivity index (χ0n) is 18.3. The van der Waals surface area contributed by atoms with E-state index in [9.17, 15) is 18.5 Å². The number of benzene rings is 2. The minimum atomic E-state index is -3.85. The van der Waals surface area contributed by atoms with Crippen molar-refractivity contribution in [2.75, 3.05) is 38.2 Å². The Balaban J connectivity index is 1.62. The van der Waals surface area contributed by atoms with Gasteiger partial charge in [-0.2, -0.15) is 4.31 Å². The lowest BCUT2D eigenvalue weighted by Crippen LogP contribution is -2.40. The van der Waals surface area contributed by atoms with Gasteiger partial charge in [-0.1, -0.05) is 12.1 Å². The number of para-hydroxylation sites is 1. The lowest BCUT2D eigenvalue weighted by Gasteiger charge is -2.26. The van der Waals surface area contributed by atoms with Crippen LogP contribution in [0.1, 0.15) is 25.6 Å². The van der Waals surface area contributed by atoms with Crippen molar-refractivity contribution >= 4 is 32.4 Å². The number of fused-ring (bicyclic) bond motifs is 1. The number of nitrogens with one attached hydrogen (secondary N) is 1. The Kier molecular flexibility index (Phi) is 6.54. The van der Waals surface area contributed by atoms with Crippen molar-refractivity contribution in [1.29, 1.82) is 0 Å². The van der Waals surface area contributed by atoms with E-state index in [-0.39, 0.29) is 29.4 Å². The number of sulfonamides is 1. The van der Waals surface area contributed by atoms with Gasteiger partial charge >= 0.3 is 0 Å². The predicted molar refractivity (Wildman–Crippen MR) is 122 cm³/mol. The minimum absolute atomic E-state index is 0.126. The summed E-state index contributed by atoms with van der Waals surface area (Å²) < 4.78 is 43.9. The molecule has 10 nitrogen and oxygen atoms in total. The third-order valence-corrected chi connectivity index (χ3v) is 7.29. The van der Waals surface area contributed by atoms with Gasteiger partial charge in [0, 0.05) is 24.5 Å². The third kappa shape index (κ3) is 4.65. The van der Waals surface area contributed by atoms with Gasteiger partial charge in [-0.25, -0.2) is 8.42 Å². The lowest BCUT2D eigenvalue weighted by atomic mass is 10.2. The zero-order valence-corrected chi connectivity index (χ0v) is 19.1. The second kappa shape index (κ2) is 9.38. The first-order valence-corrected chi connectivity index (χ1v) is 12.0. The van der Waals surface area contributed by atoms with Crippen molar-refractivity contribution < 1.29 is 27.2 Å². The van der Waals surface area contributed by atoms with Crippen LogP contribution in [0.3, 0.4) is 0 Å². The van der Waals surface area contributed by atoms with Crippen LogP contribution in [-0.4, -0.2) is 50.6 Å². The fourth-order valence-electron chi connectivity index (χ4n) is 3.72. The third-order valence-electron chi connectivity index (χ3n) is 5.40. The van der Waals surface area contributed by atoms with Crippen LogP contribution in [0.5, 0.6) is 5.75 Å². The predicted octanol–water partition coefficient (Wildman–Crippen LogP) is 3.93. The van der Waals surface area contributed by atoms with Gasteiger partial charge in [-0.05, 0) is 38.1 Å². The van der Waals surface area contributed by atoms with Gasteiger partial charge < -0.3 is 19.2 Å². The second-order valence-corrected chi connectivity index (χ2v) is 9.51. The van der Waals surface area contributed by atoms with E-state index >= 15 is 0 Å². The lowest BCUT2D eigenvalue weighted by molar-refractivity contribution is -0.384. The van der Waals surface area contributed by atoms with Crippen LogP contribution in [0.15, 0.2) is 51.8 Å². The Bertz CT molecular complexity index is 1270. The molecule has 176 valence electrons. The highest BCUT2D eigenvalue weighted by molar-refractivity contribution is 7.89. The molecule has 4 rings (SSSR count). The molecule has 1 saturated heterocycles. The highest BCUT2D eigenvalue weighted by Gasteiger charge is 2.29. The molecule has 0 unspecified atom stereocenters. The summed E-state index contributed by atoms with van der Waals surface area (Å²) in [7, 11) is -3.85. The molecule has 0 saturated carbocycles. The zero-order chi connectivity index (χ0) is 23.6. The Morgan fingerprint density at radius 3 is 2.67 bits per heavy atom. The first-order chi connectivity index (χ1) is 15.8. The molecule has 2 heterocycles. The summed E-state index contributed by atoms with van der Waals surface area (Å²) >= 11 is 0. The molecule has 33 heavy (non-hydrogen) atoms. The van der Waals surface area contributed by atoms with Crippen LogP contribution < -0.4 is 10.1 Å². The monoisotopic (exact) mass is 475 g/mol. The quantitative estimate of drug-likeness (QED) is 0.384.